The van der Waals surface area contributed by atoms with Gasteiger partial charge in [0.25, 0.3) is 5.78 Å². The van der Waals surface area contributed by atoms with Crippen LogP contribution in [0.3, 0.4) is 0 Å². The lowest BCUT2D eigenvalue weighted by Gasteiger charge is -2.23. The zero-order valence-corrected chi connectivity index (χ0v) is 23.9. The van der Waals surface area contributed by atoms with Gasteiger partial charge in [-0.2, -0.15) is 0 Å². The summed E-state index contributed by atoms with van der Waals surface area (Å²) in [6, 6.07) is 9.69. The third kappa shape index (κ3) is 5.28. The number of hydrogen-bond acceptors (Lipinski definition) is 9. The minimum atomic E-state index is -0.941. The molecule has 3 heterocycles. The molecule has 2 aliphatic heterocycles. The number of nitrogens with zero attached hydrogens (tertiary/aromatic N) is 3. The molecule has 3 aromatic rings. The van der Waals surface area contributed by atoms with E-state index >= 15 is 0 Å². The molecule has 210 valence electrons. The Bertz CT molecular complexity index is 1470. The molecule has 5 rings (SSSR count). The summed E-state index contributed by atoms with van der Waals surface area (Å²) in [6.45, 7) is 8.71. The van der Waals surface area contributed by atoms with Crippen molar-refractivity contribution in [1.29, 1.82) is 0 Å². The van der Waals surface area contributed by atoms with Crippen LogP contribution in [0.2, 0.25) is 0 Å². The average Bonchev–Trinajstić information content (AvgIpc) is 3.61. The average molecular weight is 564 g/mol. The van der Waals surface area contributed by atoms with Crippen molar-refractivity contribution in [1.82, 2.24) is 10.2 Å². The van der Waals surface area contributed by atoms with Crippen molar-refractivity contribution in [3.63, 3.8) is 0 Å². The number of carbonyl (C=O) groups is 2. The highest BCUT2D eigenvalue weighted by atomic mass is 32.1. The summed E-state index contributed by atoms with van der Waals surface area (Å²) >= 11 is 1.20. The largest absolute Gasteiger partial charge is 0.507 e. The number of Topliss-reactive ketones (excluding diaryl/α,β-unsaturated/α-hetero) is 1. The third-order valence-corrected chi connectivity index (χ3v) is 7.76. The molecular formula is C30H33N3O6S. The lowest BCUT2D eigenvalue weighted by Crippen LogP contribution is -2.29. The Morgan fingerprint density at radius 2 is 1.93 bits per heavy atom. The minimum Gasteiger partial charge on any atom is -0.507 e. The van der Waals surface area contributed by atoms with E-state index < -0.39 is 17.7 Å². The molecule has 10 heteroatoms. The van der Waals surface area contributed by atoms with Gasteiger partial charge >= 0.3 is 5.91 Å². The summed E-state index contributed by atoms with van der Waals surface area (Å²) in [6.07, 6.45) is 3.78. The standard InChI is InChI=1S/C30H33N3O6S/c1-5-7-8-13-38-23-12-9-19(16-24(23)37-6-2)26-25(28(35)29(36)33(26)30-32-31-18(4)40-30)27(34)20-10-11-22-21(15-20)14-17(3)39-22/h9-12,15-17,26,34H,5-8,13-14H2,1-4H3/b27-25+. The number of aliphatic hydroxyl groups excluding tert-OH is 1. The fourth-order valence-electron chi connectivity index (χ4n) is 5.07. The van der Waals surface area contributed by atoms with Gasteiger partial charge in [0.2, 0.25) is 5.13 Å². The maximum Gasteiger partial charge on any atom is 0.301 e. The van der Waals surface area contributed by atoms with Crippen LogP contribution in [0.4, 0.5) is 5.13 Å². The van der Waals surface area contributed by atoms with Crippen LogP contribution in [-0.2, 0) is 16.0 Å². The predicted molar refractivity (Wildman–Crippen MR) is 152 cm³/mol. The van der Waals surface area contributed by atoms with E-state index in [0.29, 0.717) is 47.3 Å². The number of ketones is 1. The Morgan fingerprint density at radius 3 is 2.65 bits per heavy atom. The second kappa shape index (κ2) is 11.7. The highest BCUT2D eigenvalue weighted by Crippen LogP contribution is 2.45. The number of unbranched alkanes of at least 4 members (excludes halogenated alkanes) is 2. The van der Waals surface area contributed by atoms with Crippen LogP contribution < -0.4 is 19.1 Å². The van der Waals surface area contributed by atoms with E-state index in [2.05, 4.69) is 17.1 Å². The number of hydrogen-bond donors (Lipinski definition) is 1. The number of fused-ring (bicyclic) bond motifs is 1. The van der Waals surface area contributed by atoms with Gasteiger partial charge in [0.05, 0.1) is 24.8 Å². The highest BCUT2D eigenvalue weighted by Gasteiger charge is 2.48. The van der Waals surface area contributed by atoms with E-state index in [1.807, 2.05) is 19.9 Å². The smallest absolute Gasteiger partial charge is 0.301 e. The van der Waals surface area contributed by atoms with Crippen LogP contribution in [0.5, 0.6) is 17.2 Å². The van der Waals surface area contributed by atoms with E-state index in [1.165, 1.54) is 16.2 Å². The molecule has 1 amide bonds. The summed E-state index contributed by atoms with van der Waals surface area (Å²) in [5.41, 5.74) is 1.93. The van der Waals surface area contributed by atoms with Gasteiger partial charge in [-0.3, -0.25) is 14.5 Å². The molecule has 1 aromatic heterocycles. The van der Waals surface area contributed by atoms with Crippen LogP contribution in [-0.4, -0.2) is 46.3 Å². The number of aliphatic hydroxyl groups is 1. The number of anilines is 1. The van der Waals surface area contributed by atoms with Crippen molar-refractivity contribution in [3.05, 3.63) is 63.7 Å². The number of carbonyl (C=O) groups excluding carboxylic acids is 2. The normalized spacial score (nSPS) is 19.6. The molecule has 0 saturated carbocycles. The molecular weight excluding hydrogens is 530 g/mol. The van der Waals surface area contributed by atoms with Crippen molar-refractivity contribution >= 4 is 33.9 Å². The van der Waals surface area contributed by atoms with Crippen molar-refractivity contribution in [2.75, 3.05) is 18.1 Å². The second-order valence-corrected chi connectivity index (χ2v) is 11.1. The molecule has 0 radical (unpaired) electrons. The zero-order valence-electron chi connectivity index (χ0n) is 23.1. The van der Waals surface area contributed by atoms with E-state index in [0.717, 1.165) is 30.6 Å². The molecule has 2 aromatic carbocycles. The first-order chi connectivity index (χ1) is 19.3. The second-order valence-electron chi connectivity index (χ2n) is 9.92. The molecule has 9 nitrogen and oxygen atoms in total. The van der Waals surface area contributed by atoms with E-state index in [1.54, 1.807) is 37.3 Å². The van der Waals surface area contributed by atoms with E-state index in [-0.39, 0.29) is 22.6 Å². The molecule has 1 saturated heterocycles. The van der Waals surface area contributed by atoms with Crippen molar-refractivity contribution in [2.45, 2.75) is 65.5 Å². The van der Waals surface area contributed by atoms with E-state index in [4.69, 9.17) is 14.2 Å². The Balaban J connectivity index is 1.62. The Labute approximate surface area is 237 Å². The summed E-state index contributed by atoms with van der Waals surface area (Å²) in [5, 5.41) is 20.7. The van der Waals surface area contributed by atoms with Crippen LogP contribution in [0.25, 0.3) is 5.76 Å². The van der Waals surface area contributed by atoms with Gasteiger partial charge in [-0.25, -0.2) is 0 Å². The number of aromatic nitrogens is 2. The first kappa shape index (κ1) is 27.6. The topological polar surface area (TPSA) is 111 Å². The first-order valence-electron chi connectivity index (χ1n) is 13.6. The van der Waals surface area contributed by atoms with Crippen molar-refractivity contribution in [2.24, 2.45) is 0 Å². The Hall–Kier alpha value is -3.92. The van der Waals surface area contributed by atoms with Crippen LogP contribution in [0.1, 0.15) is 67.8 Å². The lowest BCUT2D eigenvalue weighted by molar-refractivity contribution is -0.132. The van der Waals surface area contributed by atoms with Gasteiger partial charge in [-0.1, -0.05) is 37.2 Å². The van der Waals surface area contributed by atoms with Crippen LogP contribution in [0, 0.1) is 6.92 Å². The maximum atomic E-state index is 13.5. The zero-order chi connectivity index (χ0) is 28.4. The van der Waals surface area contributed by atoms with Gasteiger partial charge in [0.1, 0.15) is 22.6 Å². The maximum absolute atomic E-state index is 13.5. The monoisotopic (exact) mass is 563 g/mol. The quantitative estimate of drug-likeness (QED) is 0.143. The Kier molecular flexibility index (Phi) is 8.07. The van der Waals surface area contributed by atoms with Gasteiger partial charge in [0, 0.05) is 12.0 Å². The Morgan fingerprint density at radius 1 is 1.10 bits per heavy atom. The molecule has 2 atom stereocenters. The lowest BCUT2D eigenvalue weighted by atomic mass is 9.94. The number of amides is 1. The molecule has 0 aliphatic carbocycles. The van der Waals surface area contributed by atoms with Crippen LogP contribution in [0.15, 0.2) is 42.0 Å². The van der Waals surface area contributed by atoms with E-state index in [9.17, 15) is 14.7 Å². The van der Waals surface area contributed by atoms with Gasteiger partial charge in [-0.15, -0.1) is 10.2 Å². The third-order valence-electron chi connectivity index (χ3n) is 6.92. The molecule has 1 N–H and O–H groups in total. The summed E-state index contributed by atoms with van der Waals surface area (Å²) in [4.78, 5) is 28.3. The number of rotatable bonds is 10. The number of aryl methyl sites for hydroxylation is 1. The highest BCUT2D eigenvalue weighted by molar-refractivity contribution is 7.15. The van der Waals surface area contributed by atoms with Gasteiger partial charge < -0.3 is 19.3 Å². The molecule has 1 fully saturated rings. The molecule has 0 spiro atoms. The molecule has 2 aliphatic rings. The summed E-state index contributed by atoms with van der Waals surface area (Å²) in [5.74, 6) is 0.00269. The summed E-state index contributed by atoms with van der Waals surface area (Å²) in [7, 11) is 0. The summed E-state index contributed by atoms with van der Waals surface area (Å²) < 4.78 is 17.7. The first-order valence-corrected chi connectivity index (χ1v) is 14.4. The van der Waals surface area contributed by atoms with Crippen molar-refractivity contribution in [3.8, 4) is 17.2 Å². The fourth-order valence-corrected chi connectivity index (χ4v) is 5.78. The van der Waals surface area contributed by atoms with Crippen molar-refractivity contribution < 1.29 is 28.9 Å². The SMILES string of the molecule is CCCCCOc1ccc(C2/C(=C(\O)c3ccc4c(c3)CC(C)O4)C(=O)C(=O)N2c2nnc(C)s2)cc1OCC. The number of benzene rings is 2. The molecule has 0 bridgehead atoms. The molecule has 40 heavy (non-hydrogen) atoms. The minimum absolute atomic E-state index is 0.0242. The predicted octanol–water partition coefficient (Wildman–Crippen LogP) is 5.76. The van der Waals surface area contributed by atoms with Gasteiger partial charge in [0.15, 0.2) is 11.5 Å². The number of ether oxygens (including phenoxy) is 3. The molecule has 2 unspecified atom stereocenters. The van der Waals surface area contributed by atoms with Crippen LogP contribution >= 0.6 is 11.3 Å². The fraction of sp³-hybridized carbons (Fsp3) is 0.400. The van der Waals surface area contributed by atoms with Gasteiger partial charge in [-0.05, 0) is 68.7 Å².